The molecule has 2 aromatic rings. The van der Waals surface area contributed by atoms with Crippen molar-refractivity contribution in [3.05, 3.63) is 47.8 Å². The summed E-state index contributed by atoms with van der Waals surface area (Å²) in [5.41, 5.74) is 1.48. The highest BCUT2D eigenvalue weighted by atomic mass is 127. The molecule has 0 atom stereocenters. The SMILES string of the molecule is CCNC(=NCCc1cnn(C)c1)N1CCN(c2cc(F)ccc2F)CC1.I. The summed E-state index contributed by atoms with van der Waals surface area (Å²) in [5, 5.41) is 7.49. The summed E-state index contributed by atoms with van der Waals surface area (Å²) >= 11 is 0. The molecule has 0 unspecified atom stereocenters. The molecule has 1 aliphatic heterocycles. The quantitative estimate of drug-likeness (QED) is 0.387. The topological polar surface area (TPSA) is 48.7 Å². The summed E-state index contributed by atoms with van der Waals surface area (Å²) in [6.07, 6.45) is 4.68. The Morgan fingerprint density at radius 1 is 1.21 bits per heavy atom. The van der Waals surface area contributed by atoms with Gasteiger partial charge in [-0.05, 0) is 31.0 Å². The largest absolute Gasteiger partial charge is 0.366 e. The molecule has 0 amide bonds. The van der Waals surface area contributed by atoms with Gasteiger partial charge in [-0.25, -0.2) is 8.78 Å². The molecule has 1 aliphatic rings. The highest BCUT2D eigenvalue weighted by Crippen LogP contribution is 2.21. The number of nitrogens with one attached hydrogen (secondary N) is 1. The van der Waals surface area contributed by atoms with Crippen LogP contribution in [-0.4, -0.2) is 59.9 Å². The van der Waals surface area contributed by atoms with Crippen LogP contribution >= 0.6 is 24.0 Å². The molecular formula is C19H27F2IN6. The van der Waals surface area contributed by atoms with E-state index in [-0.39, 0.29) is 29.8 Å². The summed E-state index contributed by atoms with van der Waals surface area (Å²) in [6.45, 7) is 6.14. The summed E-state index contributed by atoms with van der Waals surface area (Å²) < 4.78 is 29.2. The minimum absolute atomic E-state index is 0. The number of piperazine rings is 1. The Kier molecular flexibility index (Phi) is 8.46. The second-order valence-electron chi connectivity index (χ2n) is 6.58. The van der Waals surface area contributed by atoms with E-state index < -0.39 is 5.82 Å². The molecule has 3 rings (SSSR count). The predicted octanol–water partition coefficient (Wildman–Crippen LogP) is 2.65. The van der Waals surface area contributed by atoms with Gasteiger partial charge >= 0.3 is 0 Å². The van der Waals surface area contributed by atoms with Crippen LogP contribution in [0.3, 0.4) is 0 Å². The van der Waals surface area contributed by atoms with Crippen LogP contribution < -0.4 is 10.2 Å². The van der Waals surface area contributed by atoms with Crippen LogP contribution in [0, 0.1) is 11.6 Å². The summed E-state index contributed by atoms with van der Waals surface area (Å²) in [4.78, 5) is 8.76. The number of hydrogen-bond acceptors (Lipinski definition) is 3. The average Bonchev–Trinajstić information content (AvgIpc) is 3.08. The van der Waals surface area contributed by atoms with Crippen molar-refractivity contribution < 1.29 is 8.78 Å². The van der Waals surface area contributed by atoms with Gasteiger partial charge in [0.05, 0.1) is 11.9 Å². The zero-order chi connectivity index (χ0) is 19.2. The van der Waals surface area contributed by atoms with Crippen LogP contribution in [0.4, 0.5) is 14.5 Å². The van der Waals surface area contributed by atoms with Crippen LogP contribution in [0.5, 0.6) is 0 Å². The van der Waals surface area contributed by atoms with Crippen molar-refractivity contribution in [3.63, 3.8) is 0 Å². The number of aromatic nitrogens is 2. The maximum Gasteiger partial charge on any atom is 0.194 e. The minimum atomic E-state index is -0.417. The first-order valence-corrected chi connectivity index (χ1v) is 9.27. The zero-order valence-corrected chi connectivity index (χ0v) is 18.6. The summed E-state index contributed by atoms with van der Waals surface area (Å²) in [7, 11) is 1.90. The third-order valence-corrected chi connectivity index (χ3v) is 4.58. The van der Waals surface area contributed by atoms with E-state index in [0.717, 1.165) is 30.6 Å². The Balaban J connectivity index is 0.00000280. The minimum Gasteiger partial charge on any atom is -0.366 e. The molecule has 0 spiro atoms. The van der Waals surface area contributed by atoms with Crippen molar-refractivity contribution >= 4 is 35.6 Å². The van der Waals surface area contributed by atoms with Gasteiger partial charge in [-0.2, -0.15) is 5.10 Å². The highest BCUT2D eigenvalue weighted by Gasteiger charge is 2.22. The number of hydrogen-bond donors (Lipinski definition) is 1. The maximum absolute atomic E-state index is 14.0. The fourth-order valence-electron chi connectivity index (χ4n) is 3.21. The van der Waals surface area contributed by atoms with E-state index in [1.54, 1.807) is 4.68 Å². The van der Waals surface area contributed by atoms with Crippen LogP contribution in [0.15, 0.2) is 35.6 Å². The third-order valence-electron chi connectivity index (χ3n) is 4.58. The number of aryl methyl sites for hydroxylation is 1. The van der Waals surface area contributed by atoms with Gasteiger partial charge in [0.1, 0.15) is 11.6 Å². The number of halogens is 3. The second-order valence-corrected chi connectivity index (χ2v) is 6.58. The van der Waals surface area contributed by atoms with Gasteiger partial charge in [0.2, 0.25) is 0 Å². The molecule has 2 heterocycles. The zero-order valence-electron chi connectivity index (χ0n) is 16.2. The molecule has 0 saturated carbocycles. The van der Waals surface area contributed by atoms with Gasteiger partial charge in [0.15, 0.2) is 5.96 Å². The van der Waals surface area contributed by atoms with Gasteiger partial charge in [0, 0.05) is 58.6 Å². The first-order chi connectivity index (χ1) is 13.1. The van der Waals surface area contributed by atoms with Crippen molar-refractivity contribution in [1.29, 1.82) is 0 Å². The molecule has 154 valence electrons. The van der Waals surface area contributed by atoms with Crippen LogP contribution in [-0.2, 0) is 13.5 Å². The van der Waals surface area contributed by atoms with E-state index in [1.165, 1.54) is 12.1 Å². The Bertz CT molecular complexity index is 786. The first-order valence-electron chi connectivity index (χ1n) is 9.27. The van der Waals surface area contributed by atoms with Gasteiger partial charge in [-0.3, -0.25) is 9.67 Å². The number of anilines is 1. The number of aliphatic imine (C=N–C) groups is 1. The van der Waals surface area contributed by atoms with E-state index in [0.29, 0.717) is 38.4 Å². The molecule has 0 aliphatic carbocycles. The van der Waals surface area contributed by atoms with Crippen molar-refractivity contribution in [2.24, 2.45) is 12.0 Å². The van der Waals surface area contributed by atoms with Crippen molar-refractivity contribution in [2.75, 3.05) is 44.2 Å². The van der Waals surface area contributed by atoms with Crippen LogP contribution in [0.25, 0.3) is 0 Å². The Hall–Kier alpha value is -1.91. The number of nitrogens with zero attached hydrogens (tertiary/aromatic N) is 5. The Morgan fingerprint density at radius 3 is 2.61 bits per heavy atom. The molecule has 0 radical (unpaired) electrons. The molecule has 0 bridgehead atoms. The Labute approximate surface area is 181 Å². The standard InChI is InChI=1S/C19H26F2N6.HI/c1-3-22-19(23-7-6-15-13-24-25(2)14-15)27-10-8-26(9-11-27)18-12-16(20)4-5-17(18)21;/h4-5,12-14H,3,6-11H2,1-2H3,(H,22,23);1H. The number of benzene rings is 1. The van der Waals surface area contributed by atoms with Crippen LogP contribution in [0.2, 0.25) is 0 Å². The number of guanidine groups is 1. The average molecular weight is 504 g/mol. The van der Waals surface area contributed by atoms with E-state index in [2.05, 4.69) is 15.3 Å². The van der Waals surface area contributed by atoms with Crippen LogP contribution in [0.1, 0.15) is 12.5 Å². The van der Waals surface area contributed by atoms with Gasteiger partial charge in [0.25, 0.3) is 0 Å². The van der Waals surface area contributed by atoms with Crippen molar-refractivity contribution in [1.82, 2.24) is 20.0 Å². The van der Waals surface area contributed by atoms with Crippen molar-refractivity contribution in [2.45, 2.75) is 13.3 Å². The molecule has 6 nitrogen and oxygen atoms in total. The van der Waals surface area contributed by atoms with E-state index in [4.69, 9.17) is 4.99 Å². The smallest absolute Gasteiger partial charge is 0.194 e. The molecule has 28 heavy (non-hydrogen) atoms. The van der Waals surface area contributed by atoms with E-state index in [9.17, 15) is 8.78 Å². The predicted molar refractivity (Wildman–Crippen MR) is 118 cm³/mol. The summed E-state index contributed by atoms with van der Waals surface area (Å²) in [5.74, 6) is 0.0572. The second kappa shape index (κ2) is 10.6. The molecule has 1 fully saturated rings. The normalized spacial score (nSPS) is 14.8. The highest BCUT2D eigenvalue weighted by molar-refractivity contribution is 14.0. The lowest BCUT2D eigenvalue weighted by Crippen LogP contribution is -2.52. The molecule has 1 aromatic heterocycles. The van der Waals surface area contributed by atoms with Gasteiger partial charge in [-0.15, -0.1) is 24.0 Å². The molecule has 9 heteroatoms. The molecule has 1 N–H and O–H groups in total. The lowest BCUT2D eigenvalue weighted by Gasteiger charge is -2.37. The lowest BCUT2D eigenvalue weighted by molar-refractivity contribution is 0.370. The summed E-state index contributed by atoms with van der Waals surface area (Å²) in [6, 6.07) is 3.59. The van der Waals surface area contributed by atoms with Crippen molar-refractivity contribution in [3.8, 4) is 0 Å². The molecule has 1 aromatic carbocycles. The van der Waals surface area contributed by atoms with Gasteiger partial charge < -0.3 is 15.1 Å². The van der Waals surface area contributed by atoms with E-state index in [1.807, 2.05) is 31.3 Å². The maximum atomic E-state index is 14.0. The fourth-order valence-corrected chi connectivity index (χ4v) is 3.21. The first kappa shape index (κ1) is 22.4. The fraction of sp³-hybridized carbons (Fsp3) is 0.474. The third kappa shape index (κ3) is 5.79. The molecule has 1 saturated heterocycles. The molecular weight excluding hydrogens is 477 g/mol. The Morgan fingerprint density at radius 2 is 1.96 bits per heavy atom. The number of rotatable bonds is 5. The van der Waals surface area contributed by atoms with Gasteiger partial charge in [-0.1, -0.05) is 0 Å². The van der Waals surface area contributed by atoms with E-state index >= 15 is 0 Å². The lowest BCUT2D eigenvalue weighted by atomic mass is 10.2. The monoisotopic (exact) mass is 504 g/mol.